The predicted molar refractivity (Wildman–Crippen MR) is 84.6 cm³/mol. The highest BCUT2D eigenvalue weighted by molar-refractivity contribution is 5.99. The first-order valence-electron chi connectivity index (χ1n) is 9.34. The van der Waals surface area contributed by atoms with Gasteiger partial charge in [-0.2, -0.15) is 0 Å². The van der Waals surface area contributed by atoms with Gasteiger partial charge in [0.25, 0.3) is 0 Å². The van der Waals surface area contributed by atoms with E-state index in [1.807, 2.05) is 0 Å². The molecule has 2 heterocycles. The van der Waals surface area contributed by atoms with Crippen molar-refractivity contribution in [1.29, 1.82) is 0 Å². The first-order chi connectivity index (χ1) is 11.0. The number of amides is 1. The van der Waals surface area contributed by atoms with Gasteiger partial charge < -0.3 is 15.7 Å². The second-order valence-electron chi connectivity index (χ2n) is 9.56. The van der Waals surface area contributed by atoms with E-state index in [1.165, 1.54) is 6.42 Å². The molecule has 124 valence electrons. The molecular formula is C18H25N3O2. The van der Waals surface area contributed by atoms with Crippen LogP contribution in [-0.2, 0) is 4.79 Å². The van der Waals surface area contributed by atoms with E-state index >= 15 is 0 Å². The van der Waals surface area contributed by atoms with Gasteiger partial charge >= 0.3 is 0 Å². The number of piperidine rings is 1. The minimum Gasteiger partial charge on any atom is -0.390 e. The quantitative estimate of drug-likeness (QED) is 0.759. The number of nitrogens with two attached hydrogens (primary N) is 1. The summed E-state index contributed by atoms with van der Waals surface area (Å²) >= 11 is 0. The van der Waals surface area contributed by atoms with Gasteiger partial charge in [0, 0.05) is 11.5 Å². The highest BCUT2D eigenvalue weighted by Gasteiger charge is 2.65. The Balaban J connectivity index is 1.42. The number of hydrogen-bond acceptors (Lipinski definition) is 4. The summed E-state index contributed by atoms with van der Waals surface area (Å²) < 4.78 is 0. The number of amidine groups is 1. The van der Waals surface area contributed by atoms with Crippen molar-refractivity contribution in [2.24, 2.45) is 33.9 Å². The van der Waals surface area contributed by atoms with E-state index in [0.29, 0.717) is 29.6 Å². The van der Waals surface area contributed by atoms with Gasteiger partial charge in [-0.3, -0.25) is 9.79 Å². The molecule has 5 nitrogen and oxygen atoms in total. The number of fused-ring (bicyclic) bond motifs is 3. The molecule has 3 N–H and O–H groups in total. The van der Waals surface area contributed by atoms with Crippen LogP contribution in [0.3, 0.4) is 0 Å². The van der Waals surface area contributed by atoms with E-state index in [9.17, 15) is 9.90 Å². The van der Waals surface area contributed by atoms with Crippen molar-refractivity contribution in [2.75, 3.05) is 0 Å². The minimum atomic E-state index is -0.543. The molecule has 8 atom stereocenters. The van der Waals surface area contributed by atoms with Crippen LogP contribution in [0, 0.1) is 23.2 Å². The number of aliphatic hydroxyl groups is 1. The van der Waals surface area contributed by atoms with E-state index < -0.39 is 5.60 Å². The summed E-state index contributed by atoms with van der Waals surface area (Å²) in [5, 5.41) is 11.0. The molecule has 4 bridgehead atoms. The fourth-order valence-electron chi connectivity index (χ4n) is 7.47. The lowest BCUT2D eigenvalue weighted by atomic mass is 9.46. The summed E-state index contributed by atoms with van der Waals surface area (Å²) in [6.07, 6.45) is 8.15. The van der Waals surface area contributed by atoms with Crippen molar-refractivity contribution < 1.29 is 9.90 Å². The van der Waals surface area contributed by atoms with Crippen LogP contribution in [0.1, 0.15) is 51.4 Å². The molecule has 5 heteroatoms. The van der Waals surface area contributed by atoms with Crippen molar-refractivity contribution in [3.05, 3.63) is 0 Å². The van der Waals surface area contributed by atoms with Crippen LogP contribution in [0.25, 0.3) is 0 Å². The van der Waals surface area contributed by atoms with Crippen LogP contribution in [0.5, 0.6) is 0 Å². The SMILES string of the molecule is NC1=N[C@@H](C23C[C@@H]4C[C@@H](CC(O)(C4)C2)C3)C(=O)N2[C@H]1C[C@@H]1C[C@@H]12. The minimum absolute atomic E-state index is 0.0690. The maximum atomic E-state index is 13.3. The van der Waals surface area contributed by atoms with Gasteiger partial charge in [0.1, 0.15) is 11.9 Å². The van der Waals surface area contributed by atoms with Gasteiger partial charge in [0.2, 0.25) is 5.91 Å². The molecule has 0 radical (unpaired) electrons. The Kier molecular flexibility index (Phi) is 2.16. The van der Waals surface area contributed by atoms with Gasteiger partial charge in [-0.05, 0) is 69.1 Å². The van der Waals surface area contributed by atoms with Gasteiger partial charge in [-0.1, -0.05) is 0 Å². The van der Waals surface area contributed by atoms with E-state index in [2.05, 4.69) is 4.90 Å². The van der Waals surface area contributed by atoms with Crippen molar-refractivity contribution in [3.8, 4) is 0 Å². The third-order valence-electron chi connectivity index (χ3n) is 7.87. The number of hydrogen-bond donors (Lipinski definition) is 2. The summed E-state index contributed by atoms with van der Waals surface area (Å²) in [5.41, 5.74) is 5.63. The molecule has 2 aliphatic heterocycles. The van der Waals surface area contributed by atoms with Crippen molar-refractivity contribution in [2.45, 2.75) is 75.1 Å². The summed E-state index contributed by atoms with van der Waals surface area (Å²) in [6.45, 7) is 0. The lowest BCUT2D eigenvalue weighted by molar-refractivity contribution is -0.178. The van der Waals surface area contributed by atoms with E-state index in [4.69, 9.17) is 10.7 Å². The predicted octanol–water partition coefficient (Wildman–Crippen LogP) is 1.05. The zero-order valence-corrected chi connectivity index (χ0v) is 13.4. The smallest absolute Gasteiger partial charge is 0.248 e. The Bertz CT molecular complexity index is 630. The van der Waals surface area contributed by atoms with Gasteiger partial charge in [0.05, 0.1) is 11.6 Å². The zero-order valence-electron chi connectivity index (χ0n) is 13.4. The molecule has 0 aromatic rings. The number of aliphatic imine (C=N–C) groups is 1. The monoisotopic (exact) mass is 315 g/mol. The lowest BCUT2D eigenvalue weighted by Gasteiger charge is -2.62. The Morgan fingerprint density at radius 3 is 2.57 bits per heavy atom. The average molecular weight is 315 g/mol. The van der Waals surface area contributed by atoms with Crippen molar-refractivity contribution in [3.63, 3.8) is 0 Å². The third kappa shape index (κ3) is 1.57. The van der Waals surface area contributed by atoms with Crippen LogP contribution in [0.4, 0.5) is 0 Å². The normalized spacial score (nSPS) is 58.9. The van der Waals surface area contributed by atoms with Crippen LogP contribution in [0.15, 0.2) is 4.99 Å². The van der Waals surface area contributed by atoms with Crippen LogP contribution >= 0.6 is 0 Å². The first kappa shape index (κ1) is 13.2. The molecule has 5 saturated carbocycles. The van der Waals surface area contributed by atoms with Gasteiger partial charge in [-0.15, -0.1) is 0 Å². The summed E-state index contributed by atoms with van der Waals surface area (Å²) in [6, 6.07) is 0.177. The van der Waals surface area contributed by atoms with Crippen LogP contribution in [-0.4, -0.2) is 45.5 Å². The highest BCUT2D eigenvalue weighted by atomic mass is 16.3. The zero-order chi connectivity index (χ0) is 15.6. The Morgan fingerprint density at radius 1 is 1.13 bits per heavy atom. The summed E-state index contributed by atoms with van der Waals surface area (Å²) in [4.78, 5) is 20.1. The van der Waals surface area contributed by atoms with Gasteiger partial charge in [-0.25, -0.2) is 0 Å². The molecule has 7 rings (SSSR count). The first-order valence-corrected chi connectivity index (χ1v) is 9.34. The topological polar surface area (TPSA) is 78.9 Å². The van der Waals surface area contributed by atoms with Crippen molar-refractivity contribution in [1.82, 2.24) is 4.90 Å². The van der Waals surface area contributed by atoms with Crippen LogP contribution in [0.2, 0.25) is 0 Å². The molecule has 1 amide bonds. The molecule has 0 aromatic heterocycles. The third-order valence-corrected chi connectivity index (χ3v) is 7.87. The maximum Gasteiger partial charge on any atom is 0.248 e. The number of rotatable bonds is 1. The molecular weight excluding hydrogens is 290 g/mol. The summed E-state index contributed by atoms with van der Waals surface area (Å²) in [7, 11) is 0. The fraction of sp³-hybridized carbons (Fsp3) is 0.889. The van der Waals surface area contributed by atoms with Crippen molar-refractivity contribution >= 4 is 11.7 Å². The fourth-order valence-corrected chi connectivity index (χ4v) is 7.47. The molecule has 2 unspecified atom stereocenters. The number of nitrogens with zero attached hydrogens (tertiary/aromatic N) is 2. The molecule has 6 fully saturated rings. The van der Waals surface area contributed by atoms with Gasteiger partial charge in [0.15, 0.2) is 0 Å². The second kappa shape index (κ2) is 3.76. The molecule has 0 aromatic carbocycles. The van der Waals surface area contributed by atoms with Crippen LogP contribution < -0.4 is 5.73 Å². The van der Waals surface area contributed by atoms with E-state index in [1.54, 1.807) is 0 Å². The molecule has 1 saturated heterocycles. The second-order valence-corrected chi connectivity index (χ2v) is 9.56. The molecule has 5 aliphatic carbocycles. The standard InChI is InChI=1S/C18H25N3O2/c19-15-13-3-11-2-12(11)21(13)16(22)14(20-15)17-4-9-1-10(5-17)7-18(23,6-9)8-17/h9-14,23H,1-8H2,(H2,19,20)/t9-,10+,11-,12-,13-,14+,17?,18?/m0/s1. The average Bonchev–Trinajstić information content (AvgIpc) is 3.10. The molecule has 7 aliphatic rings. The maximum absolute atomic E-state index is 13.3. The lowest BCUT2D eigenvalue weighted by Crippen LogP contribution is -2.64. The van der Waals surface area contributed by atoms with E-state index in [-0.39, 0.29) is 23.4 Å². The molecule has 23 heavy (non-hydrogen) atoms. The number of carbonyl (C=O) groups is 1. The largest absolute Gasteiger partial charge is 0.390 e. The Hall–Kier alpha value is -1.10. The number of carbonyl (C=O) groups excluding carboxylic acids is 1. The Labute approximate surface area is 136 Å². The molecule has 0 spiro atoms. The Morgan fingerprint density at radius 2 is 1.87 bits per heavy atom. The highest BCUT2D eigenvalue weighted by Crippen LogP contribution is 2.64. The van der Waals surface area contributed by atoms with E-state index in [0.717, 1.165) is 44.9 Å². The summed E-state index contributed by atoms with van der Waals surface area (Å²) in [5.74, 6) is 2.73.